The third-order valence-electron chi connectivity index (χ3n) is 2.72. The Hall–Kier alpha value is -0.760. The number of rotatable bonds is 5. The summed E-state index contributed by atoms with van der Waals surface area (Å²) in [5.74, 6) is 0.253. The van der Waals surface area contributed by atoms with Crippen LogP contribution in [0.2, 0.25) is 0 Å². The Morgan fingerprint density at radius 2 is 2.11 bits per heavy atom. The van der Waals surface area contributed by atoms with Crippen molar-refractivity contribution in [1.82, 2.24) is 13.1 Å². The average molecular weight is 320 g/mol. The predicted molar refractivity (Wildman–Crippen MR) is 77.2 cm³/mol. The summed E-state index contributed by atoms with van der Waals surface area (Å²) in [5.41, 5.74) is 1.02. The van der Waals surface area contributed by atoms with E-state index in [9.17, 15) is 8.42 Å². The molecule has 2 rings (SSSR count). The van der Waals surface area contributed by atoms with Gasteiger partial charge in [-0.05, 0) is 26.0 Å². The van der Waals surface area contributed by atoms with E-state index in [1.165, 1.54) is 4.31 Å². The van der Waals surface area contributed by atoms with Gasteiger partial charge in [0, 0.05) is 18.5 Å². The first-order valence-electron chi connectivity index (χ1n) is 5.77. The molecule has 0 aliphatic carbocycles. The second-order valence-electron chi connectivity index (χ2n) is 4.29. The number of hydrogen-bond donors (Lipinski definition) is 0. The molecule has 0 saturated heterocycles. The Kier molecular flexibility index (Phi) is 4.39. The summed E-state index contributed by atoms with van der Waals surface area (Å²) in [5, 5.41) is 0. The molecule has 0 unspecified atom stereocenters. The van der Waals surface area contributed by atoms with Crippen LogP contribution in [-0.4, -0.2) is 39.9 Å². The first-order valence-corrected chi connectivity index (χ1v) is 8.48. The van der Waals surface area contributed by atoms with E-state index in [1.807, 2.05) is 13.8 Å². The van der Waals surface area contributed by atoms with Crippen LogP contribution in [0.4, 0.5) is 0 Å². The molecule has 5 nitrogen and oxygen atoms in total. The zero-order valence-electron chi connectivity index (χ0n) is 10.6. The molecule has 2 aromatic rings. The van der Waals surface area contributed by atoms with Crippen LogP contribution in [0.1, 0.15) is 13.8 Å². The number of aromatic nitrogens is 2. The summed E-state index contributed by atoms with van der Waals surface area (Å²) in [7, 11) is -3.61. The Balaban J connectivity index is 2.57. The molecule has 0 amide bonds. The van der Waals surface area contributed by atoms with E-state index in [4.69, 9.17) is 11.6 Å². The Morgan fingerprint density at radius 3 is 2.74 bits per heavy atom. The molecule has 8 heteroatoms. The van der Waals surface area contributed by atoms with E-state index < -0.39 is 10.0 Å². The summed E-state index contributed by atoms with van der Waals surface area (Å²) in [6, 6.07) is 4.82. The van der Waals surface area contributed by atoms with E-state index in [-0.39, 0.29) is 23.4 Å². The molecule has 19 heavy (non-hydrogen) atoms. The lowest BCUT2D eigenvalue weighted by atomic mass is 10.3. The SMILES string of the molecule is CC(C)N(CCCl)S(=O)(=O)c1cccc2nsnc12. The van der Waals surface area contributed by atoms with Crippen LogP contribution in [0, 0.1) is 0 Å². The minimum absolute atomic E-state index is 0.161. The van der Waals surface area contributed by atoms with Crippen LogP contribution in [0.25, 0.3) is 11.0 Å². The largest absolute Gasteiger partial charge is 0.245 e. The number of halogens is 1. The van der Waals surface area contributed by atoms with Crippen molar-refractivity contribution in [1.29, 1.82) is 0 Å². The number of nitrogens with zero attached hydrogens (tertiary/aromatic N) is 3. The molecule has 1 heterocycles. The lowest BCUT2D eigenvalue weighted by Gasteiger charge is -2.25. The minimum Gasteiger partial charge on any atom is -0.207 e. The van der Waals surface area contributed by atoms with Crippen LogP contribution in [0.3, 0.4) is 0 Å². The second kappa shape index (κ2) is 5.70. The zero-order valence-corrected chi connectivity index (χ0v) is 13.0. The van der Waals surface area contributed by atoms with E-state index in [2.05, 4.69) is 8.75 Å². The van der Waals surface area contributed by atoms with E-state index >= 15 is 0 Å². The van der Waals surface area contributed by atoms with Gasteiger partial charge in [-0.3, -0.25) is 0 Å². The zero-order chi connectivity index (χ0) is 14.0. The third-order valence-corrected chi connectivity index (χ3v) is 5.54. The normalized spacial score (nSPS) is 12.7. The molecular weight excluding hydrogens is 306 g/mol. The number of fused-ring (bicyclic) bond motifs is 1. The molecule has 0 fully saturated rings. The second-order valence-corrected chi connectivity index (χ2v) is 7.05. The highest BCUT2D eigenvalue weighted by atomic mass is 35.5. The minimum atomic E-state index is -3.61. The number of alkyl halides is 1. The van der Waals surface area contributed by atoms with Gasteiger partial charge in [-0.2, -0.15) is 13.1 Å². The molecule has 104 valence electrons. The van der Waals surface area contributed by atoms with Gasteiger partial charge < -0.3 is 0 Å². The molecule has 0 atom stereocenters. The summed E-state index contributed by atoms with van der Waals surface area (Å²) in [4.78, 5) is 0.192. The lowest BCUT2D eigenvalue weighted by molar-refractivity contribution is 0.371. The lowest BCUT2D eigenvalue weighted by Crippen LogP contribution is -2.38. The highest BCUT2D eigenvalue weighted by Crippen LogP contribution is 2.25. The molecule has 1 aromatic carbocycles. The molecule has 0 aliphatic heterocycles. The van der Waals surface area contributed by atoms with Crippen molar-refractivity contribution in [2.24, 2.45) is 0 Å². The van der Waals surface area contributed by atoms with Gasteiger partial charge >= 0.3 is 0 Å². The van der Waals surface area contributed by atoms with Crippen LogP contribution in [-0.2, 0) is 10.0 Å². The fourth-order valence-electron chi connectivity index (χ4n) is 1.86. The van der Waals surface area contributed by atoms with E-state index in [0.717, 1.165) is 11.7 Å². The topological polar surface area (TPSA) is 63.2 Å². The first-order chi connectivity index (χ1) is 8.98. The van der Waals surface area contributed by atoms with Crippen LogP contribution < -0.4 is 0 Å². The summed E-state index contributed by atoms with van der Waals surface area (Å²) in [6.07, 6.45) is 0. The average Bonchev–Trinajstić information content (AvgIpc) is 2.82. The maximum absolute atomic E-state index is 12.7. The summed E-state index contributed by atoms with van der Waals surface area (Å²) in [6.45, 7) is 3.92. The number of sulfonamides is 1. The standard InChI is InChI=1S/C11H14ClN3O2S2/c1-8(2)15(7-6-12)19(16,17)10-5-3-4-9-11(10)14-18-13-9/h3-5,8H,6-7H2,1-2H3. The Bertz CT molecular complexity index is 669. The van der Waals surface area contributed by atoms with Crippen LogP contribution in [0.15, 0.2) is 23.1 Å². The number of hydrogen-bond acceptors (Lipinski definition) is 5. The number of benzene rings is 1. The fourth-order valence-corrected chi connectivity index (χ4v) is 4.53. The molecular formula is C11H14ClN3O2S2. The maximum Gasteiger partial charge on any atom is 0.245 e. The van der Waals surface area contributed by atoms with Crippen LogP contribution in [0.5, 0.6) is 0 Å². The van der Waals surface area contributed by atoms with Crippen molar-refractivity contribution in [2.45, 2.75) is 24.8 Å². The molecule has 0 bridgehead atoms. The molecule has 1 aromatic heterocycles. The van der Waals surface area contributed by atoms with Crippen LogP contribution >= 0.6 is 23.3 Å². The third kappa shape index (κ3) is 2.74. The van der Waals surface area contributed by atoms with Crippen molar-refractivity contribution < 1.29 is 8.42 Å². The smallest absolute Gasteiger partial charge is 0.207 e. The maximum atomic E-state index is 12.7. The monoisotopic (exact) mass is 319 g/mol. The van der Waals surface area contributed by atoms with E-state index in [1.54, 1.807) is 18.2 Å². The van der Waals surface area contributed by atoms with Gasteiger partial charge in [-0.25, -0.2) is 8.42 Å². The van der Waals surface area contributed by atoms with Crippen molar-refractivity contribution in [3.05, 3.63) is 18.2 Å². The predicted octanol–water partition coefficient (Wildman–Crippen LogP) is 2.33. The van der Waals surface area contributed by atoms with Crippen molar-refractivity contribution in [3.8, 4) is 0 Å². The van der Waals surface area contributed by atoms with E-state index in [0.29, 0.717) is 11.0 Å². The van der Waals surface area contributed by atoms with Gasteiger partial charge in [0.1, 0.15) is 15.9 Å². The van der Waals surface area contributed by atoms with Gasteiger partial charge in [-0.15, -0.1) is 11.6 Å². The van der Waals surface area contributed by atoms with Gasteiger partial charge in [-0.1, -0.05) is 6.07 Å². The first kappa shape index (κ1) is 14.6. The van der Waals surface area contributed by atoms with Gasteiger partial charge in [0.15, 0.2) is 0 Å². The quantitative estimate of drug-likeness (QED) is 0.793. The highest BCUT2D eigenvalue weighted by molar-refractivity contribution is 7.89. The summed E-state index contributed by atoms with van der Waals surface area (Å²) < 4.78 is 34.9. The highest BCUT2D eigenvalue weighted by Gasteiger charge is 2.29. The molecule has 0 saturated carbocycles. The Morgan fingerprint density at radius 1 is 1.37 bits per heavy atom. The Labute approximate surface area is 121 Å². The van der Waals surface area contributed by atoms with Gasteiger partial charge in [0.2, 0.25) is 10.0 Å². The van der Waals surface area contributed by atoms with Crippen molar-refractivity contribution in [2.75, 3.05) is 12.4 Å². The molecule has 0 aliphatic rings. The molecule has 0 spiro atoms. The van der Waals surface area contributed by atoms with Gasteiger partial charge in [0.25, 0.3) is 0 Å². The fraction of sp³-hybridized carbons (Fsp3) is 0.455. The molecule has 0 radical (unpaired) electrons. The van der Waals surface area contributed by atoms with Crippen molar-refractivity contribution in [3.63, 3.8) is 0 Å². The summed E-state index contributed by atoms with van der Waals surface area (Å²) >= 11 is 6.71. The van der Waals surface area contributed by atoms with Crippen molar-refractivity contribution >= 4 is 44.4 Å². The van der Waals surface area contributed by atoms with Gasteiger partial charge in [0.05, 0.1) is 11.7 Å². The molecule has 0 N–H and O–H groups in total.